The average molecular weight is 353 g/mol. The number of aromatic nitrogens is 2. The summed E-state index contributed by atoms with van der Waals surface area (Å²) in [5, 5.41) is 7.12. The number of amides is 1. The fraction of sp³-hybridized carbons (Fsp3) is 0.300. The lowest BCUT2D eigenvalue weighted by Gasteiger charge is -2.10. The molecule has 0 bridgehead atoms. The standard InChI is InChI=1S/C20H23N3O3/c1-13-6-5-7-14(2)19(13)25-12-17-8-9-18(26-17)20(24)21-11-16-10-15(3)23(4)22-16/h5-10H,11-12H2,1-4H3,(H,21,24). The van der Waals surface area contributed by atoms with Crippen molar-refractivity contribution < 1.29 is 13.9 Å². The number of nitrogens with one attached hydrogen (secondary N) is 1. The first-order chi connectivity index (χ1) is 12.4. The van der Waals surface area contributed by atoms with E-state index in [1.165, 1.54) is 0 Å². The zero-order chi connectivity index (χ0) is 18.7. The van der Waals surface area contributed by atoms with Crippen LogP contribution in [0, 0.1) is 20.8 Å². The molecule has 0 radical (unpaired) electrons. The summed E-state index contributed by atoms with van der Waals surface area (Å²) < 4.78 is 13.2. The number of para-hydroxylation sites is 1. The molecule has 0 aliphatic carbocycles. The summed E-state index contributed by atoms with van der Waals surface area (Å²) in [6, 6.07) is 11.4. The quantitative estimate of drug-likeness (QED) is 0.737. The molecule has 2 aromatic heterocycles. The average Bonchev–Trinajstić information content (AvgIpc) is 3.19. The number of hydrogen-bond acceptors (Lipinski definition) is 4. The van der Waals surface area contributed by atoms with Crippen molar-refractivity contribution in [2.75, 3.05) is 0 Å². The molecule has 26 heavy (non-hydrogen) atoms. The highest BCUT2D eigenvalue weighted by Crippen LogP contribution is 2.23. The SMILES string of the molecule is Cc1cccc(C)c1OCc1ccc(C(=O)NCc2cc(C)n(C)n2)o1. The number of furan rings is 1. The Morgan fingerprint density at radius 2 is 1.92 bits per heavy atom. The molecule has 1 N–H and O–H groups in total. The maximum atomic E-state index is 12.2. The lowest BCUT2D eigenvalue weighted by atomic mass is 10.1. The van der Waals surface area contributed by atoms with Crippen LogP contribution in [0.2, 0.25) is 0 Å². The highest BCUT2D eigenvalue weighted by atomic mass is 16.5. The molecule has 136 valence electrons. The van der Waals surface area contributed by atoms with E-state index >= 15 is 0 Å². The Morgan fingerprint density at radius 1 is 1.19 bits per heavy atom. The van der Waals surface area contributed by atoms with Crippen molar-refractivity contribution in [3.05, 3.63) is 70.4 Å². The van der Waals surface area contributed by atoms with Gasteiger partial charge in [-0.05, 0) is 50.1 Å². The molecule has 6 heteroatoms. The maximum absolute atomic E-state index is 12.2. The van der Waals surface area contributed by atoms with Gasteiger partial charge in [0.05, 0.1) is 12.2 Å². The first-order valence-corrected chi connectivity index (χ1v) is 8.49. The predicted octanol–water partition coefficient (Wildman–Crippen LogP) is 3.45. The zero-order valence-electron chi connectivity index (χ0n) is 15.5. The van der Waals surface area contributed by atoms with Crippen molar-refractivity contribution in [2.24, 2.45) is 7.05 Å². The molecule has 0 fully saturated rings. The third-order valence-corrected chi connectivity index (χ3v) is 4.25. The van der Waals surface area contributed by atoms with Gasteiger partial charge < -0.3 is 14.5 Å². The molecule has 0 spiro atoms. The Hall–Kier alpha value is -3.02. The Balaban J connectivity index is 1.57. The molecule has 3 aromatic rings. The van der Waals surface area contributed by atoms with Gasteiger partial charge in [-0.3, -0.25) is 9.48 Å². The molecule has 0 saturated carbocycles. The Labute approximate surface area is 152 Å². The summed E-state index contributed by atoms with van der Waals surface area (Å²) in [6.07, 6.45) is 0. The van der Waals surface area contributed by atoms with E-state index in [0.29, 0.717) is 12.3 Å². The third-order valence-electron chi connectivity index (χ3n) is 4.25. The van der Waals surface area contributed by atoms with E-state index in [9.17, 15) is 4.79 Å². The van der Waals surface area contributed by atoms with Crippen molar-refractivity contribution in [3.63, 3.8) is 0 Å². The molecule has 0 atom stereocenters. The van der Waals surface area contributed by atoms with Gasteiger partial charge in [-0.1, -0.05) is 18.2 Å². The third kappa shape index (κ3) is 3.96. The summed E-state index contributed by atoms with van der Waals surface area (Å²) >= 11 is 0. The van der Waals surface area contributed by atoms with Crippen LogP contribution in [0.5, 0.6) is 5.75 Å². The second kappa shape index (κ2) is 7.47. The number of carbonyl (C=O) groups is 1. The summed E-state index contributed by atoms with van der Waals surface area (Å²) in [6.45, 7) is 6.60. The minimum Gasteiger partial charge on any atom is -0.485 e. The molecular weight excluding hydrogens is 330 g/mol. The van der Waals surface area contributed by atoms with Crippen LogP contribution in [0.1, 0.15) is 38.8 Å². The van der Waals surface area contributed by atoms with Gasteiger partial charge >= 0.3 is 0 Å². The zero-order valence-corrected chi connectivity index (χ0v) is 15.5. The largest absolute Gasteiger partial charge is 0.485 e. The summed E-state index contributed by atoms with van der Waals surface area (Å²) in [7, 11) is 1.87. The molecule has 3 rings (SSSR count). The lowest BCUT2D eigenvalue weighted by molar-refractivity contribution is 0.0918. The van der Waals surface area contributed by atoms with E-state index in [2.05, 4.69) is 10.4 Å². The second-order valence-corrected chi connectivity index (χ2v) is 6.36. The molecule has 1 aromatic carbocycles. The molecule has 0 saturated heterocycles. The first-order valence-electron chi connectivity index (χ1n) is 8.49. The summed E-state index contributed by atoms with van der Waals surface area (Å²) in [5.74, 6) is 1.44. The normalized spacial score (nSPS) is 10.8. The molecule has 1 amide bonds. The number of benzene rings is 1. The van der Waals surface area contributed by atoms with Crippen LogP contribution in [0.15, 0.2) is 40.8 Å². The Kier molecular flexibility index (Phi) is 5.11. The number of ether oxygens (including phenoxy) is 1. The monoisotopic (exact) mass is 353 g/mol. The van der Waals surface area contributed by atoms with Crippen molar-refractivity contribution in [3.8, 4) is 5.75 Å². The van der Waals surface area contributed by atoms with E-state index in [0.717, 1.165) is 28.3 Å². The number of carbonyl (C=O) groups excluding carboxylic acids is 1. The second-order valence-electron chi connectivity index (χ2n) is 6.36. The van der Waals surface area contributed by atoms with Gasteiger partial charge in [0.2, 0.25) is 0 Å². The van der Waals surface area contributed by atoms with Crippen LogP contribution in [0.4, 0.5) is 0 Å². The Morgan fingerprint density at radius 3 is 2.58 bits per heavy atom. The fourth-order valence-corrected chi connectivity index (χ4v) is 2.73. The lowest BCUT2D eigenvalue weighted by Crippen LogP contribution is -2.22. The number of rotatable bonds is 6. The minimum atomic E-state index is -0.272. The smallest absolute Gasteiger partial charge is 0.287 e. The van der Waals surface area contributed by atoms with E-state index < -0.39 is 0 Å². The first kappa shape index (κ1) is 17.8. The van der Waals surface area contributed by atoms with E-state index in [4.69, 9.17) is 9.15 Å². The van der Waals surface area contributed by atoms with Gasteiger partial charge in [0.25, 0.3) is 5.91 Å². The summed E-state index contributed by atoms with van der Waals surface area (Å²) in [5.41, 5.74) is 3.99. The van der Waals surface area contributed by atoms with Crippen molar-refractivity contribution in [2.45, 2.75) is 33.9 Å². The molecule has 0 unspecified atom stereocenters. The van der Waals surface area contributed by atoms with Gasteiger partial charge in [0.1, 0.15) is 18.1 Å². The fourth-order valence-electron chi connectivity index (χ4n) is 2.73. The van der Waals surface area contributed by atoms with E-state index in [1.54, 1.807) is 16.8 Å². The number of hydrogen-bond donors (Lipinski definition) is 1. The van der Waals surface area contributed by atoms with Gasteiger partial charge in [-0.25, -0.2) is 0 Å². The van der Waals surface area contributed by atoms with Crippen LogP contribution >= 0.6 is 0 Å². The molecule has 6 nitrogen and oxygen atoms in total. The number of aryl methyl sites for hydroxylation is 4. The minimum absolute atomic E-state index is 0.262. The van der Waals surface area contributed by atoms with Crippen molar-refractivity contribution >= 4 is 5.91 Å². The Bertz CT molecular complexity index is 885. The van der Waals surface area contributed by atoms with E-state index in [1.807, 2.05) is 52.1 Å². The van der Waals surface area contributed by atoms with Gasteiger partial charge in [-0.15, -0.1) is 0 Å². The molecular formula is C20H23N3O3. The molecule has 2 heterocycles. The molecule has 0 aliphatic heterocycles. The van der Waals surface area contributed by atoms with Gasteiger partial charge in [0, 0.05) is 12.7 Å². The highest BCUT2D eigenvalue weighted by molar-refractivity contribution is 5.91. The number of nitrogens with zero attached hydrogens (tertiary/aromatic N) is 2. The summed E-state index contributed by atoms with van der Waals surface area (Å²) in [4.78, 5) is 12.2. The van der Waals surface area contributed by atoms with Crippen LogP contribution in [-0.4, -0.2) is 15.7 Å². The van der Waals surface area contributed by atoms with Crippen LogP contribution in [-0.2, 0) is 20.2 Å². The van der Waals surface area contributed by atoms with Gasteiger partial charge in [-0.2, -0.15) is 5.10 Å². The highest BCUT2D eigenvalue weighted by Gasteiger charge is 2.13. The predicted molar refractivity (Wildman–Crippen MR) is 98.1 cm³/mol. The van der Waals surface area contributed by atoms with Crippen LogP contribution < -0.4 is 10.1 Å². The van der Waals surface area contributed by atoms with Gasteiger partial charge in [0.15, 0.2) is 5.76 Å². The van der Waals surface area contributed by atoms with Crippen molar-refractivity contribution in [1.29, 1.82) is 0 Å². The van der Waals surface area contributed by atoms with Crippen LogP contribution in [0.3, 0.4) is 0 Å². The van der Waals surface area contributed by atoms with E-state index in [-0.39, 0.29) is 18.3 Å². The van der Waals surface area contributed by atoms with Crippen molar-refractivity contribution in [1.82, 2.24) is 15.1 Å². The molecule has 0 aliphatic rings. The maximum Gasteiger partial charge on any atom is 0.287 e. The topological polar surface area (TPSA) is 69.3 Å². The van der Waals surface area contributed by atoms with Crippen LogP contribution in [0.25, 0.3) is 0 Å².